The summed E-state index contributed by atoms with van der Waals surface area (Å²) in [4.78, 5) is 0. The van der Waals surface area contributed by atoms with Crippen molar-refractivity contribution in [1.29, 1.82) is 0 Å². The maximum Gasteiger partial charge on any atom is 0.527 e. The molecule has 0 saturated carbocycles. The number of ether oxygens (including phenoxy) is 2. The molecule has 0 saturated heterocycles. The minimum atomic E-state index is -7.15. The van der Waals surface area contributed by atoms with E-state index in [1.54, 1.807) is 0 Å². The summed E-state index contributed by atoms with van der Waals surface area (Å²) in [5.41, 5.74) is -1.51. The summed E-state index contributed by atoms with van der Waals surface area (Å²) in [7, 11) is 0. The standard InChI is InChI=1S/C9H6F12O2/c1-3(2)5(11,12)4(10)22-7(15,16)6(13,14)8(17,18)23-9(19,20)21/h4H,1H2,2H3. The molecule has 2 nitrogen and oxygen atoms in total. The lowest BCUT2D eigenvalue weighted by Crippen LogP contribution is -2.59. The van der Waals surface area contributed by atoms with E-state index in [1.807, 2.05) is 0 Å². The Morgan fingerprint density at radius 1 is 0.826 bits per heavy atom. The van der Waals surface area contributed by atoms with Gasteiger partial charge < -0.3 is 0 Å². The summed E-state index contributed by atoms with van der Waals surface area (Å²) in [6.07, 6.45) is -24.9. The predicted octanol–water partition coefficient (Wildman–Crippen LogP) is 4.87. The molecule has 138 valence electrons. The average molecular weight is 374 g/mol. The third-order valence-corrected chi connectivity index (χ3v) is 2.08. The van der Waals surface area contributed by atoms with E-state index >= 15 is 0 Å². The minimum Gasteiger partial charge on any atom is -0.274 e. The maximum atomic E-state index is 12.8. The molecule has 0 aromatic heterocycles. The van der Waals surface area contributed by atoms with E-state index in [0.29, 0.717) is 6.92 Å². The van der Waals surface area contributed by atoms with Crippen molar-refractivity contribution < 1.29 is 62.2 Å². The Labute approximate surface area is 119 Å². The molecule has 0 radical (unpaired) electrons. The van der Waals surface area contributed by atoms with E-state index < -0.39 is 42.4 Å². The number of hydrogen-bond acceptors (Lipinski definition) is 2. The van der Waals surface area contributed by atoms with Crippen molar-refractivity contribution in [2.45, 2.75) is 43.7 Å². The van der Waals surface area contributed by atoms with E-state index in [2.05, 4.69) is 11.3 Å². The van der Waals surface area contributed by atoms with Crippen LogP contribution in [-0.4, -0.2) is 36.8 Å². The lowest BCUT2D eigenvalue weighted by molar-refractivity contribution is -0.514. The molecule has 0 aromatic carbocycles. The summed E-state index contributed by atoms with van der Waals surface area (Å²) in [5, 5.41) is 0. The molecule has 0 aliphatic carbocycles. The van der Waals surface area contributed by atoms with Gasteiger partial charge in [-0.1, -0.05) is 6.58 Å². The van der Waals surface area contributed by atoms with E-state index in [1.165, 1.54) is 4.74 Å². The summed E-state index contributed by atoms with van der Waals surface area (Å²) in [6.45, 7) is 2.77. The zero-order valence-electron chi connectivity index (χ0n) is 10.6. The molecule has 0 spiro atoms. The van der Waals surface area contributed by atoms with Crippen LogP contribution in [0, 0.1) is 0 Å². The van der Waals surface area contributed by atoms with Gasteiger partial charge in [-0.05, 0) is 12.5 Å². The quantitative estimate of drug-likeness (QED) is 0.468. The van der Waals surface area contributed by atoms with Gasteiger partial charge in [-0.3, -0.25) is 4.74 Å². The second-order valence-electron chi connectivity index (χ2n) is 3.99. The average Bonchev–Trinajstić information content (AvgIpc) is 2.23. The summed E-state index contributed by atoms with van der Waals surface area (Å²) < 4.78 is 153. The Balaban J connectivity index is 5.51. The van der Waals surface area contributed by atoms with E-state index in [9.17, 15) is 52.7 Å². The van der Waals surface area contributed by atoms with Gasteiger partial charge in [-0.2, -0.15) is 35.1 Å². The zero-order valence-corrected chi connectivity index (χ0v) is 10.6. The number of rotatable bonds is 7. The van der Waals surface area contributed by atoms with Gasteiger partial charge in [0.15, 0.2) is 0 Å². The fourth-order valence-corrected chi connectivity index (χ4v) is 0.851. The summed E-state index contributed by atoms with van der Waals surface area (Å²) in [5.74, 6) is -12.2. The highest BCUT2D eigenvalue weighted by molar-refractivity contribution is 5.05. The Bertz CT molecular complexity index is 440. The topological polar surface area (TPSA) is 18.5 Å². The molecule has 14 heteroatoms. The van der Waals surface area contributed by atoms with Gasteiger partial charge >= 0.3 is 30.4 Å². The van der Waals surface area contributed by atoms with Gasteiger partial charge in [0.05, 0.1) is 0 Å². The highest BCUT2D eigenvalue weighted by Crippen LogP contribution is 2.50. The monoisotopic (exact) mass is 374 g/mol. The summed E-state index contributed by atoms with van der Waals surface area (Å²) >= 11 is 0. The van der Waals surface area contributed by atoms with Gasteiger partial charge in [-0.25, -0.2) is 9.13 Å². The van der Waals surface area contributed by atoms with Crippen LogP contribution in [0.2, 0.25) is 0 Å². The molecule has 0 bridgehead atoms. The van der Waals surface area contributed by atoms with Gasteiger partial charge in [0.1, 0.15) is 0 Å². The normalized spacial score (nSPS) is 16.4. The maximum absolute atomic E-state index is 12.8. The third-order valence-electron chi connectivity index (χ3n) is 2.08. The molecule has 0 heterocycles. The molecule has 0 aromatic rings. The van der Waals surface area contributed by atoms with Crippen LogP contribution in [0.1, 0.15) is 6.92 Å². The molecule has 0 fully saturated rings. The molecular weight excluding hydrogens is 368 g/mol. The van der Waals surface area contributed by atoms with Crippen molar-refractivity contribution in [2.75, 3.05) is 0 Å². The molecule has 0 amide bonds. The van der Waals surface area contributed by atoms with E-state index in [0.717, 1.165) is 0 Å². The largest absolute Gasteiger partial charge is 0.527 e. The van der Waals surface area contributed by atoms with Crippen LogP contribution in [-0.2, 0) is 9.47 Å². The lowest BCUT2D eigenvalue weighted by atomic mass is 10.2. The van der Waals surface area contributed by atoms with Crippen LogP contribution in [0.4, 0.5) is 52.7 Å². The van der Waals surface area contributed by atoms with Crippen molar-refractivity contribution in [3.8, 4) is 0 Å². The minimum absolute atomic E-state index is 0.355. The van der Waals surface area contributed by atoms with Crippen LogP contribution in [0.25, 0.3) is 0 Å². The zero-order chi connectivity index (χ0) is 19.1. The van der Waals surface area contributed by atoms with Crippen molar-refractivity contribution >= 4 is 0 Å². The number of hydrogen-bond donors (Lipinski definition) is 0. The first-order chi connectivity index (χ1) is 9.78. The first-order valence-electron chi connectivity index (χ1n) is 5.04. The summed E-state index contributed by atoms with van der Waals surface area (Å²) in [6, 6.07) is 0. The molecule has 23 heavy (non-hydrogen) atoms. The van der Waals surface area contributed by atoms with Crippen LogP contribution in [0.5, 0.6) is 0 Å². The van der Waals surface area contributed by atoms with Crippen molar-refractivity contribution in [3.05, 3.63) is 12.2 Å². The van der Waals surface area contributed by atoms with Crippen LogP contribution >= 0.6 is 0 Å². The lowest BCUT2D eigenvalue weighted by Gasteiger charge is -2.33. The van der Waals surface area contributed by atoms with Crippen molar-refractivity contribution in [1.82, 2.24) is 0 Å². The molecule has 0 aliphatic heterocycles. The Morgan fingerprint density at radius 2 is 1.22 bits per heavy atom. The molecule has 0 N–H and O–H groups in total. The first-order valence-corrected chi connectivity index (χ1v) is 5.04. The Kier molecular flexibility index (Phi) is 5.72. The Hall–Kier alpha value is -1.18. The SMILES string of the molecule is C=C(C)C(F)(F)C(F)OC(F)(F)C(F)(F)C(F)(F)OC(F)(F)F. The second-order valence-corrected chi connectivity index (χ2v) is 3.99. The van der Waals surface area contributed by atoms with Gasteiger partial charge in [0, 0.05) is 0 Å². The molecular formula is C9H6F12O2. The van der Waals surface area contributed by atoms with Crippen molar-refractivity contribution in [3.63, 3.8) is 0 Å². The first kappa shape index (κ1) is 21.8. The molecule has 0 aliphatic rings. The van der Waals surface area contributed by atoms with Crippen LogP contribution in [0.3, 0.4) is 0 Å². The smallest absolute Gasteiger partial charge is 0.274 e. The van der Waals surface area contributed by atoms with E-state index in [4.69, 9.17) is 0 Å². The van der Waals surface area contributed by atoms with Crippen LogP contribution < -0.4 is 0 Å². The molecule has 1 atom stereocenters. The number of halogens is 12. The molecule has 0 rings (SSSR count). The van der Waals surface area contributed by atoms with Crippen LogP contribution in [0.15, 0.2) is 12.2 Å². The Morgan fingerprint density at radius 3 is 1.52 bits per heavy atom. The highest BCUT2D eigenvalue weighted by Gasteiger charge is 2.77. The highest BCUT2D eigenvalue weighted by atomic mass is 19.4. The number of alkyl halides is 12. The third kappa shape index (κ3) is 4.65. The van der Waals surface area contributed by atoms with E-state index in [-0.39, 0.29) is 0 Å². The van der Waals surface area contributed by atoms with Gasteiger partial charge in [0.2, 0.25) is 0 Å². The predicted molar refractivity (Wildman–Crippen MR) is 47.7 cm³/mol. The van der Waals surface area contributed by atoms with Gasteiger partial charge in [0.25, 0.3) is 6.36 Å². The molecule has 1 unspecified atom stereocenters. The van der Waals surface area contributed by atoms with Gasteiger partial charge in [-0.15, -0.1) is 13.2 Å². The fourth-order valence-electron chi connectivity index (χ4n) is 0.851. The second kappa shape index (κ2) is 6.03. The van der Waals surface area contributed by atoms with Crippen molar-refractivity contribution in [2.24, 2.45) is 0 Å². The fraction of sp³-hybridized carbons (Fsp3) is 0.778.